The van der Waals surface area contributed by atoms with Crippen molar-refractivity contribution < 1.29 is 4.79 Å². The van der Waals surface area contributed by atoms with Gasteiger partial charge >= 0.3 is 0 Å². The van der Waals surface area contributed by atoms with Gasteiger partial charge in [0.05, 0.1) is 5.56 Å². The molecule has 24 heavy (non-hydrogen) atoms. The summed E-state index contributed by atoms with van der Waals surface area (Å²) in [6.45, 7) is 2.95. The maximum absolute atomic E-state index is 12.7. The largest absolute Gasteiger partial charge is 0.336 e. The number of amides is 1. The number of carbonyl (C=O) groups is 1. The van der Waals surface area contributed by atoms with E-state index in [2.05, 4.69) is 22.2 Å². The standard InChI is InChI=1S/C18H21ClN4O/c1-2-16-8-3-4-9-23(16)17(24)13-11-20-18(21-12-13)22-15-7-5-6-14(19)10-15/h5-7,10-12,16H,2-4,8-9H2,1H3,(H,20,21,22). The highest BCUT2D eigenvalue weighted by atomic mass is 35.5. The van der Waals surface area contributed by atoms with Gasteiger partial charge in [0.15, 0.2) is 0 Å². The SMILES string of the molecule is CCC1CCCCN1C(=O)c1cnc(Nc2cccc(Cl)c2)nc1. The average molecular weight is 345 g/mol. The molecule has 0 saturated carbocycles. The summed E-state index contributed by atoms with van der Waals surface area (Å²) in [5.74, 6) is 0.468. The summed E-state index contributed by atoms with van der Waals surface area (Å²) in [5, 5.41) is 3.72. The van der Waals surface area contributed by atoms with Crippen LogP contribution in [0.4, 0.5) is 11.6 Å². The lowest BCUT2D eigenvalue weighted by molar-refractivity contribution is 0.0607. The summed E-state index contributed by atoms with van der Waals surface area (Å²) in [6.07, 6.45) is 7.50. The van der Waals surface area contributed by atoms with Gasteiger partial charge in [-0.15, -0.1) is 0 Å². The maximum Gasteiger partial charge on any atom is 0.257 e. The quantitative estimate of drug-likeness (QED) is 0.899. The van der Waals surface area contributed by atoms with E-state index in [9.17, 15) is 4.79 Å². The third-order valence-electron chi connectivity index (χ3n) is 4.34. The van der Waals surface area contributed by atoms with Gasteiger partial charge in [0.2, 0.25) is 5.95 Å². The van der Waals surface area contributed by atoms with Crippen molar-refractivity contribution >= 4 is 29.1 Å². The summed E-state index contributed by atoms with van der Waals surface area (Å²) >= 11 is 5.96. The van der Waals surface area contributed by atoms with Crippen LogP contribution in [0.15, 0.2) is 36.7 Å². The Kier molecular flexibility index (Phi) is 5.30. The number of piperidine rings is 1. The normalized spacial score (nSPS) is 17.6. The predicted octanol–water partition coefficient (Wildman–Crippen LogP) is 4.28. The monoisotopic (exact) mass is 344 g/mol. The van der Waals surface area contributed by atoms with Gasteiger partial charge in [0, 0.05) is 35.7 Å². The first-order valence-corrected chi connectivity index (χ1v) is 8.71. The summed E-state index contributed by atoms with van der Waals surface area (Å²) < 4.78 is 0. The molecule has 1 atom stereocenters. The Labute approximate surface area is 147 Å². The average Bonchev–Trinajstić information content (AvgIpc) is 2.62. The van der Waals surface area contributed by atoms with E-state index < -0.39 is 0 Å². The fourth-order valence-electron chi connectivity index (χ4n) is 3.06. The first kappa shape index (κ1) is 16.7. The molecule has 5 nitrogen and oxygen atoms in total. The van der Waals surface area contributed by atoms with Crippen LogP contribution in [0.2, 0.25) is 5.02 Å². The van der Waals surface area contributed by atoms with Crippen molar-refractivity contribution in [1.82, 2.24) is 14.9 Å². The van der Waals surface area contributed by atoms with Crippen LogP contribution < -0.4 is 5.32 Å². The first-order chi connectivity index (χ1) is 11.7. The first-order valence-electron chi connectivity index (χ1n) is 8.33. The molecule has 3 rings (SSSR count). The van der Waals surface area contributed by atoms with Crippen molar-refractivity contribution in [1.29, 1.82) is 0 Å². The number of benzene rings is 1. The summed E-state index contributed by atoms with van der Waals surface area (Å²) in [4.78, 5) is 23.2. The number of nitrogens with zero attached hydrogens (tertiary/aromatic N) is 3. The zero-order valence-corrected chi connectivity index (χ0v) is 14.5. The molecule has 1 aliphatic heterocycles. The molecule has 126 valence electrons. The number of aromatic nitrogens is 2. The van der Waals surface area contributed by atoms with Crippen molar-refractivity contribution in [3.8, 4) is 0 Å². The second-order valence-electron chi connectivity index (χ2n) is 5.99. The van der Waals surface area contributed by atoms with E-state index in [1.54, 1.807) is 24.5 Å². The summed E-state index contributed by atoms with van der Waals surface area (Å²) in [6, 6.07) is 7.66. The summed E-state index contributed by atoms with van der Waals surface area (Å²) in [5.41, 5.74) is 1.34. The number of halogens is 1. The number of hydrogen-bond acceptors (Lipinski definition) is 4. The van der Waals surface area contributed by atoms with Crippen LogP contribution in [0.25, 0.3) is 0 Å². The molecule has 1 aromatic heterocycles. The smallest absolute Gasteiger partial charge is 0.257 e. The molecule has 1 saturated heterocycles. The van der Waals surface area contributed by atoms with Gasteiger partial charge in [0.1, 0.15) is 0 Å². The lowest BCUT2D eigenvalue weighted by atomic mass is 9.99. The lowest BCUT2D eigenvalue weighted by Crippen LogP contribution is -2.43. The molecule has 1 unspecified atom stereocenters. The number of hydrogen-bond donors (Lipinski definition) is 1. The Bertz CT molecular complexity index is 704. The zero-order valence-electron chi connectivity index (χ0n) is 13.7. The van der Waals surface area contributed by atoms with Crippen LogP contribution in [0.1, 0.15) is 43.0 Å². The minimum atomic E-state index is 0.0239. The Morgan fingerprint density at radius 3 is 2.83 bits per heavy atom. The molecule has 0 bridgehead atoms. The molecule has 2 heterocycles. The van der Waals surface area contributed by atoms with E-state index in [-0.39, 0.29) is 5.91 Å². The maximum atomic E-state index is 12.7. The van der Waals surface area contributed by atoms with Crippen LogP contribution in [-0.2, 0) is 0 Å². The van der Waals surface area contributed by atoms with Crippen LogP contribution in [0, 0.1) is 0 Å². The van der Waals surface area contributed by atoms with Crippen molar-refractivity contribution in [2.45, 2.75) is 38.6 Å². The molecule has 1 N–H and O–H groups in total. The number of anilines is 2. The van der Waals surface area contributed by atoms with E-state index in [0.717, 1.165) is 31.5 Å². The molecule has 1 aromatic carbocycles. The minimum absolute atomic E-state index is 0.0239. The van der Waals surface area contributed by atoms with Crippen molar-refractivity contribution in [3.63, 3.8) is 0 Å². The van der Waals surface area contributed by atoms with Crippen LogP contribution in [-0.4, -0.2) is 33.4 Å². The molecular formula is C18H21ClN4O. The molecule has 0 spiro atoms. The van der Waals surface area contributed by atoms with Gasteiger partial charge in [-0.25, -0.2) is 9.97 Å². The van der Waals surface area contributed by atoms with Crippen LogP contribution in [0.5, 0.6) is 0 Å². The molecule has 1 aliphatic rings. The van der Waals surface area contributed by atoms with Gasteiger partial charge in [-0.2, -0.15) is 0 Å². The predicted molar refractivity (Wildman–Crippen MR) is 95.7 cm³/mol. The van der Waals surface area contributed by atoms with E-state index >= 15 is 0 Å². The molecule has 1 amide bonds. The topological polar surface area (TPSA) is 58.1 Å². The van der Waals surface area contributed by atoms with Crippen molar-refractivity contribution in [2.24, 2.45) is 0 Å². The van der Waals surface area contributed by atoms with Crippen LogP contribution >= 0.6 is 11.6 Å². The van der Waals surface area contributed by atoms with E-state index in [1.807, 2.05) is 17.0 Å². The van der Waals surface area contributed by atoms with E-state index in [4.69, 9.17) is 11.6 Å². The van der Waals surface area contributed by atoms with Gasteiger partial charge < -0.3 is 10.2 Å². The second kappa shape index (κ2) is 7.62. The Morgan fingerprint density at radius 1 is 1.33 bits per heavy atom. The van der Waals surface area contributed by atoms with Gasteiger partial charge in [-0.05, 0) is 43.9 Å². The van der Waals surface area contributed by atoms with E-state index in [0.29, 0.717) is 22.6 Å². The molecule has 2 aromatic rings. The second-order valence-corrected chi connectivity index (χ2v) is 6.42. The number of likely N-dealkylation sites (tertiary alicyclic amines) is 1. The van der Waals surface area contributed by atoms with Crippen LogP contribution in [0.3, 0.4) is 0 Å². The highest BCUT2D eigenvalue weighted by Crippen LogP contribution is 2.22. The van der Waals surface area contributed by atoms with Crippen molar-refractivity contribution in [2.75, 3.05) is 11.9 Å². The third kappa shape index (κ3) is 3.85. The molecule has 0 aliphatic carbocycles. The highest BCUT2D eigenvalue weighted by molar-refractivity contribution is 6.30. The minimum Gasteiger partial charge on any atom is -0.336 e. The molecule has 1 fully saturated rings. The number of rotatable bonds is 4. The number of nitrogens with one attached hydrogen (secondary N) is 1. The fourth-order valence-corrected chi connectivity index (χ4v) is 3.25. The Balaban J connectivity index is 1.70. The lowest BCUT2D eigenvalue weighted by Gasteiger charge is -2.35. The van der Waals surface area contributed by atoms with Gasteiger partial charge in [-0.3, -0.25) is 4.79 Å². The van der Waals surface area contributed by atoms with E-state index in [1.165, 1.54) is 6.42 Å². The third-order valence-corrected chi connectivity index (χ3v) is 4.57. The number of carbonyl (C=O) groups excluding carboxylic acids is 1. The van der Waals surface area contributed by atoms with Gasteiger partial charge in [-0.1, -0.05) is 24.6 Å². The Morgan fingerprint density at radius 2 is 2.12 bits per heavy atom. The molecule has 6 heteroatoms. The van der Waals surface area contributed by atoms with Gasteiger partial charge in [0.25, 0.3) is 5.91 Å². The molecular weight excluding hydrogens is 324 g/mol. The highest BCUT2D eigenvalue weighted by Gasteiger charge is 2.26. The van der Waals surface area contributed by atoms with Crippen molar-refractivity contribution in [3.05, 3.63) is 47.2 Å². The molecule has 0 radical (unpaired) electrons. The zero-order chi connectivity index (χ0) is 16.9. The summed E-state index contributed by atoms with van der Waals surface area (Å²) in [7, 11) is 0. The fraction of sp³-hybridized carbons (Fsp3) is 0.389. The Hall–Kier alpha value is -2.14.